The number of hydrogen-bond donors (Lipinski definition) is 3. The number of nitrogens with one attached hydrogen (secondary N) is 3. The van der Waals surface area contributed by atoms with E-state index in [0.717, 1.165) is 11.3 Å². The van der Waals surface area contributed by atoms with Crippen molar-refractivity contribution in [2.24, 2.45) is 0 Å². The average Bonchev–Trinajstić information content (AvgIpc) is 3.55. The highest BCUT2D eigenvalue weighted by Crippen LogP contribution is 2.30. The molecule has 2 heterocycles. The van der Waals surface area contributed by atoms with Crippen LogP contribution in [0.5, 0.6) is 5.75 Å². The van der Waals surface area contributed by atoms with Gasteiger partial charge in [-0.25, -0.2) is 14.0 Å². The number of hydrogen-bond acceptors (Lipinski definition) is 9. The SMILES string of the molecule is C=CCOCC(NC(=O)c1cc(-c2cc(F)cc(OCC3CC(NC(=O)OC(C)(C)C)CN3)c2)cs1)C(=O)OC. The number of esters is 1. The van der Waals surface area contributed by atoms with Crippen molar-refractivity contribution < 1.29 is 37.7 Å². The first-order valence-corrected chi connectivity index (χ1v) is 13.7. The third kappa shape index (κ3) is 9.61. The van der Waals surface area contributed by atoms with E-state index in [1.807, 2.05) is 0 Å². The van der Waals surface area contributed by atoms with Crippen LogP contribution in [-0.4, -0.2) is 75.2 Å². The van der Waals surface area contributed by atoms with Gasteiger partial charge < -0.3 is 34.9 Å². The number of alkyl carbamates (subject to hydrolysis) is 1. The lowest BCUT2D eigenvalue weighted by molar-refractivity contribution is -0.144. The number of benzene rings is 1. The Bertz CT molecular complexity index is 1200. The normalized spacial score (nSPS) is 17.5. The van der Waals surface area contributed by atoms with Gasteiger partial charge in [-0.05, 0) is 61.9 Å². The van der Waals surface area contributed by atoms with Crippen LogP contribution in [0.3, 0.4) is 0 Å². The summed E-state index contributed by atoms with van der Waals surface area (Å²) >= 11 is 1.16. The van der Waals surface area contributed by atoms with Gasteiger partial charge in [-0.15, -0.1) is 17.9 Å². The van der Waals surface area contributed by atoms with E-state index in [0.29, 0.717) is 34.7 Å². The minimum Gasteiger partial charge on any atom is -0.492 e. The molecule has 3 atom stereocenters. The number of thiophene rings is 1. The van der Waals surface area contributed by atoms with Crippen molar-refractivity contribution in [1.82, 2.24) is 16.0 Å². The van der Waals surface area contributed by atoms with E-state index in [2.05, 4.69) is 22.5 Å². The largest absolute Gasteiger partial charge is 0.492 e. The van der Waals surface area contributed by atoms with Crippen LogP contribution in [0.4, 0.5) is 9.18 Å². The van der Waals surface area contributed by atoms with E-state index >= 15 is 0 Å². The zero-order valence-corrected chi connectivity index (χ0v) is 23.9. The molecule has 0 spiro atoms. The van der Waals surface area contributed by atoms with E-state index < -0.39 is 35.4 Å². The van der Waals surface area contributed by atoms with Crippen LogP contribution >= 0.6 is 11.3 Å². The average molecular weight is 578 g/mol. The van der Waals surface area contributed by atoms with Gasteiger partial charge in [0, 0.05) is 24.7 Å². The lowest BCUT2D eigenvalue weighted by Gasteiger charge is -2.21. The first kappa shape index (κ1) is 31.1. The molecule has 2 amide bonds. The van der Waals surface area contributed by atoms with Crippen LogP contribution < -0.4 is 20.7 Å². The molecule has 0 saturated carbocycles. The third-order valence-corrected chi connectivity index (χ3v) is 6.66. The van der Waals surface area contributed by atoms with Gasteiger partial charge in [-0.3, -0.25) is 4.79 Å². The third-order valence-electron chi connectivity index (χ3n) is 5.73. The molecule has 218 valence electrons. The molecule has 1 aliphatic heterocycles. The van der Waals surface area contributed by atoms with Crippen LogP contribution in [0.2, 0.25) is 0 Å². The van der Waals surface area contributed by atoms with Crippen LogP contribution in [0.25, 0.3) is 11.1 Å². The maximum atomic E-state index is 14.5. The van der Waals surface area contributed by atoms with E-state index in [4.69, 9.17) is 18.9 Å². The molecule has 0 radical (unpaired) electrons. The van der Waals surface area contributed by atoms with Gasteiger partial charge in [-0.1, -0.05) is 6.08 Å². The molecule has 1 aliphatic rings. The highest BCUT2D eigenvalue weighted by molar-refractivity contribution is 7.12. The van der Waals surface area contributed by atoms with Crippen LogP contribution in [0.1, 0.15) is 36.9 Å². The summed E-state index contributed by atoms with van der Waals surface area (Å²) in [6.07, 6.45) is 1.69. The fraction of sp³-hybridized carbons (Fsp3) is 0.464. The lowest BCUT2D eigenvalue weighted by atomic mass is 10.1. The summed E-state index contributed by atoms with van der Waals surface area (Å²) in [4.78, 5) is 37.1. The number of carbonyl (C=O) groups excluding carboxylic acids is 3. The second-order valence-corrected chi connectivity index (χ2v) is 11.2. The van der Waals surface area contributed by atoms with Crippen molar-refractivity contribution in [3.63, 3.8) is 0 Å². The minimum atomic E-state index is -0.986. The predicted octanol–water partition coefficient (Wildman–Crippen LogP) is 3.66. The fourth-order valence-electron chi connectivity index (χ4n) is 3.96. The molecular weight excluding hydrogens is 541 g/mol. The van der Waals surface area contributed by atoms with Crippen molar-refractivity contribution in [3.8, 4) is 16.9 Å². The van der Waals surface area contributed by atoms with Crippen LogP contribution in [-0.2, 0) is 19.0 Å². The van der Waals surface area contributed by atoms with Crippen molar-refractivity contribution in [3.05, 3.63) is 53.0 Å². The van der Waals surface area contributed by atoms with Gasteiger partial charge in [0.05, 0.1) is 25.2 Å². The standard InChI is InChI=1S/C28H36FN3O7S/c1-6-7-37-15-23(26(34)36-5)32-25(33)24-10-18(16-40-24)17-8-19(29)11-22(9-17)38-14-21-12-20(13-30-21)31-27(35)39-28(2,3)4/h6,8-11,16,20-21,23,30H,1,7,12-15H2,2-5H3,(H,31,35)(H,32,33). The Morgan fingerprint density at radius 2 is 2.00 bits per heavy atom. The van der Waals surface area contributed by atoms with Crippen LogP contribution in [0.15, 0.2) is 42.3 Å². The Hall–Kier alpha value is -3.48. The number of amides is 2. The maximum Gasteiger partial charge on any atom is 0.407 e. The molecule has 1 aromatic heterocycles. The van der Waals surface area contributed by atoms with Gasteiger partial charge in [0.1, 0.15) is 23.8 Å². The Labute approximate surface area is 237 Å². The van der Waals surface area contributed by atoms with E-state index in [9.17, 15) is 18.8 Å². The number of rotatable bonds is 12. The summed E-state index contributed by atoms with van der Waals surface area (Å²) in [6, 6.07) is 4.82. The zero-order valence-electron chi connectivity index (χ0n) is 23.1. The molecule has 1 fully saturated rings. The second-order valence-electron chi connectivity index (χ2n) is 10.2. The van der Waals surface area contributed by atoms with Gasteiger partial charge in [0.2, 0.25) is 0 Å². The molecule has 12 heteroatoms. The second kappa shape index (κ2) is 14.2. The maximum absolute atomic E-state index is 14.5. The molecule has 10 nitrogen and oxygen atoms in total. The number of methoxy groups -OCH3 is 1. The van der Waals surface area contributed by atoms with E-state index in [-0.39, 0.29) is 31.9 Å². The molecule has 3 N–H and O–H groups in total. The first-order valence-electron chi connectivity index (χ1n) is 12.8. The Balaban J connectivity index is 1.58. The Morgan fingerprint density at radius 1 is 1.23 bits per heavy atom. The molecule has 2 aromatic rings. The van der Waals surface area contributed by atoms with Crippen molar-refractivity contribution in [2.75, 3.05) is 33.5 Å². The van der Waals surface area contributed by atoms with Crippen molar-refractivity contribution >= 4 is 29.3 Å². The topological polar surface area (TPSA) is 124 Å². The van der Waals surface area contributed by atoms with Gasteiger partial charge in [-0.2, -0.15) is 0 Å². The predicted molar refractivity (Wildman–Crippen MR) is 149 cm³/mol. The molecule has 40 heavy (non-hydrogen) atoms. The Kier molecular flexibility index (Phi) is 11.1. The van der Waals surface area contributed by atoms with Gasteiger partial charge in [0.25, 0.3) is 5.91 Å². The molecule has 1 saturated heterocycles. The summed E-state index contributed by atoms with van der Waals surface area (Å²) in [6.45, 7) is 9.95. The molecular formula is C28H36FN3O7S. The molecule has 3 unspecified atom stereocenters. The minimum absolute atomic E-state index is 0.0404. The quantitative estimate of drug-likeness (QED) is 0.198. The van der Waals surface area contributed by atoms with Gasteiger partial charge >= 0.3 is 12.1 Å². The molecule has 0 bridgehead atoms. The van der Waals surface area contributed by atoms with E-state index in [1.54, 1.807) is 38.3 Å². The first-order chi connectivity index (χ1) is 19.0. The highest BCUT2D eigenvalue weighted by Gasteiger charge is 2.28. The molecule has 0 aliphatic carbocycles. The van der Waals surface area contributed by atoms with Crippen LogP contribution in [0, 0.1) is 5.82 Å². The number of carbonyl (C=O) groups is 3. The smallest absolute Gasteiger partial charge is 0.407 e. The number of halogens is 1. The van der Waals surface area contributed by atoms with Gasteiger partial charge in [0.15, 0.2) is 6.04 Å². The molecule has 1 aromatic carbocycles. The highest BCUT2D eigenvalue weighted by atomic mass is 32.1. The monoisotopic (exact) mass is 577 g/mol. The summed E-state index contributed by atoms with van der Waals surface area (Å²) in [5.74, 6) is -1.27. The van der Waals surface area contributed by atoms with E-state index in [1.165, 1.54) is 25.3 Å². The lowest BCUT2D eigenvalue weighted by Crippen LogP contribution is -2.44. The fourth-order valence-corrected chi connectivity index (χ4v) is 4.77. The molecule has 3 rings (SSSR count). The summed E-state index contributed by atoms with van der Waals surface area (Å²) < 4.78 is 35.7. The van der Waals surface area contributed by atoms with Crippen molar-refractivity contribution in [1.29, 1.82) is 0 Å². The summed E-state index contributed by atoms with van der Waals surface area (Å²) in [7, 11) is 1.23. The summed E-state index contributed by atoms with van der Waals surface area (Å²) in [5.41, 5.74) is 0.581. The van der Waals surface area contributed by atoms with Crippen molar-refractivity contribution in [2.45, 2.75) is 50.9 Å². The zero-order chi connectivity index (χ0) is 29.3. The number of ether oxygens (including phenoxy) is 4. The Morgan fingerprint density at radius 3 is 2.70 bits per heavy atom. The summed E-state index contributed by atoms with van der Waals surface area (Å²) in [5, 5.41) is 10.5.